The molecule has 14 nitrogen and oxygen atoms in total. The summed E-state index contributed by atoms with van der Waals surface area (Å²) in [5.41, 5.74) is 0.296. The van der Waals surface area contributed by atoms with E-state index in [4.69, 9.17) is 4.55 Å². The molecule has 2 amide bonds. The number of aromatic nitrogens is 4. The molecule has 1 fully saturated rings. The monoisotopic (exact) mass is 564 g/mol. The van der Waals surface area contributed by atoms with Crippen LogP contribution in [-0.4, -0.2) is 83.9 Å². The van der Waals surface area contributed by atoms with Crippen molar-refractivity contribution in [3.8, 4) is 0 Å². The van der Waals surface area contributed by atoms with E-state index in [0.29, 0.717) is 11.1 Å². The number of hydrogen-bond acceptors (Lipinski definition) is 12. The number of benzene rings is 1. The molecule has 2 aliphatic rings. The Kier molecular flexibility index (Phi) is 9.20. The van der Waals surface area contributed by atoms with E-state index in [9.17, 15) is 33.0 Å². The van der Waals surface area contributed by atoms with Crippen molar-refractivity contribution in [1.29, 1.82) is 0 Å². The summed E-state index contributed by atoms with van der Waals surface area (Å²) in [7, 11) is -4.41. The van der Waals surface area contributed by atoms with Crippen LogP contribution < -0.4 is 40.0 Å². The Hall–Kier alpha value is -1.99. The zero-order valence-electron chi connectivity index (χ0n) is 18.5. The summed E-state index contributed by atoms with van der Waals surface area (Å²) >= 11 is 2.12. The number of carbonyl (C=O) groups excluding carboxylic acids is 3. The number of carbonyl (C=O) groups is 3. The molecule has 1 aromatic heterocycles. The van der Waals surface area contributed by atoms with E-state index >= 15 is 0 Å². The fourth-order valence-electron chi connectivity index (χ4n) is 3.49. The fraction of sp³-hybridized carbons (Fsp3) is 0.333. The summed E-state index contributed by atoms with van der Waals surface area (Å²) in [4.78, 5) is 38.1. The smallest absolute Gasteiger partial charge is 0.543 e. The molecule has 18 heteroatoms. The zero-order valence-corrected chi connectivity index (χ0v) is 23.0. The third-order valence-corrected chi connectivity index (χ3v) is 8.02. The molecule has 2 aliphatic heterocycles. The minimum absolute atomic E-state index is 0. The second-order valence-electron chi connectivity index (χ2n) is 7.41. The van der Waals surface area contributed by atoms with Crippen molar-refractivity contribution in [3.05, 3.63) is 47.2 Å². The van der Waals surface area contributed by atoms with Crippen LogP contribution in [0.3, 0.4) is 0 Å². The van der Waals surface area contributed by atoms with Gasteiger partial charge in [0.1, 0.15) is 11.4 Å². The van der Waals surface area contributed by atoms with Crippen LogP contribution in [0.4, 0.5) is 0 Å². The van der Waals surface area contributed by atoms with Crippen molar-refractivity contribution in [2.75, 3.05) is 11.5 Å². The van der Waals surface area contributed by atoms with Crippen LogP contribution in [0.2, 0.25) is 0 Å². The quantitative estimate of drug-likeness (QED) is 0.113. The van der Waals surface area contributed by atoms with Crippen molar-refractivity contribution in [2.45, 2.75) is 28.6 Å². The van der Waals surface area contributed by atoms with Gasteiger partial charge in [-0.05, 0) is 21.6 Å². The Morgan fingerprint density at radius 2 is 2.00 bits per heavy atom. The van der Waals surface area contributed by atoms with Crippen molar-refractivity contribution in [1.82, 2.24) is 30.4 Å². The van der Waals surface area contributed by atoms with E-state index in [-0.39, 0.29) is 51.9 Å². The second kappa shape index (κ2) is 11.6. The van der Waals surface area contributed by atoms with E-state index in [1.165, 1.54) is 11.8 Å². The van der Waals surface area contributed by atoms with Crippen LogP contribution in [0, 0.1) is 0 Å². The number of rotatable bonds is 9. The van der Waals surface area contributed by atoms with Crippen molar-refractivity contribution in [2.24, 2.45) is 0 Å². The summed E-state index contributed by atoms with van der Waals surface area (Å²) in [5.74, 6) is -3.78. The van der Waals surface area contributed by atoms with E-state index in [0.717, 1.165) is 21.3 Å². The second-order valence-corrected chi connectivity index (χ2v) is 10.9. The number of aliphatic carboxylic acids is 1. The van der Waals surface area contributed by atoms with Crippen LogP contribution in [-0.2, 0) is 30.4 Å². The summed E-state index contributed by atoms with van der Waals surface area (Å²) in [6, 6.07) is 7.10. The van der Waals surface area contributed by atoms with Crippen molar-refractivity contribution < 1.29 is 67.1 Å². The molecule has 4 rings (SSSR count). The van der Waals surface area contributed by atoms with Crippen LogP contribution >= 0.6 is 23.5 Å². The normalized spacial score (nSPS) is 20.2. The van der Waals surface area contributed by atoms with Gasteiger partial charge in [-0.3, -0.25) is 19.0 Å². The van der Waals surface area contributed by atoms with Crippen LogP contribution in [0.1, 0.15) is 11.7 Å². The molecule has 1 saturated heterocycles. The first kappa shape index (κ1) is 28.6. The summed E-state index contributed by atoms with van der Waals surface area (Å²) in [5, 5.41) is 34.3. The Balaban J connectivity index is 0.00000361. The fourth-order valence-corrected chi connectivity index (χ4v) is 6.42. The SMILES string of the molecule is O=C([O-])C1=C(CSc2nnnn2CS(=O)(=O)O)CS[C@H]2C(NC(=O)C(O)c3ccccc3)C(=O)N12.[Na+]. The third kappa shape index (κ3) is 6.10. The molecule has 0 spiro atoms. The molecule has 3 atom stereocenters. The van der Waals surface area contributed by atoms with Crippen molar-refractivity contribution in [3.63, 3.8) is 0 Å². The number of thioether (sulfide) groups is 2. The predicted molar refractivity (Wildman–Crippen MR) is 119 cm³/mol. The van der Waals surface area contributed by atoms with Gasteiger partial charge in [0, 0.05) is 11.5 Å². The van der Waals surface area contributed by atoms with Crippen LogP contribution in [0.5, 0.6) is 0 Å². The standard InChI is InChI=1S/C18H18N6O8S3.Na/c25-13(9-4-2-1-3-5-9)14(26)19-11-15(27)24-12(17(28)29)10(6-33-16(11)24)7-34-18-20-21-22-23(18)8-35(30,31)32;/h1-5,11,13,16,25H,6-8H2,(H,19,26)(H,28,29)(H,30,31,32);/q;+1/p-1/t11?,13?,16-;/m0./s1. The van der Waals surface area contributed by atoms with E-state index < -0.39 is 51.3 Å². The third-order valence-electron chi connectivity index (χ3n) is 5.06. The average molecular weight is 565 g/mol. The number of hydrogen-bond donors (Lipinski definition) is 3. The first-order valence-corrected chi connectivity index (χ1v) is 13.5. The topological polar surface area (TPSA) is 208 Å². The maximum absolute atomic E-state index is 12.7. The van der Waals surface area contributed by atoms with Crippen LogP contribution in [0.25, 0.3) is 0 Å². The predicted octanol–water partition coefficient (Wildman–Crippen LogP) is -5.25. The molecular formula is C18H17N6NaO8S3. The molecule has 0 bridgehead atoms. The van der Waals surface area contributed by atoms with Gasteiger partial charge in [0.25, 0.3) is 21.9 Å². The molecule has 36 heavy (non-hydrogen) atoms. The van der Waals surface area contributed by atoms with Gasteiger partial charge >= 0.3 is 29.6 Å². The maximum atomic E-state index is 12.7. The van der Waals surface area contributed by atoms with Gasteiger partial charge in [-0.25, -0.2) is 4.68 Å². The number of aliphatic hydroxyl groups excluding tert-OH is 1. The molecule has 0 aliphatic carbocycles. The molecular weight excluding hydrogens is 547 g/mol. The number of aliphatic hydroxyl groups is 1. The zero-order chi connectivity index (χ0) is 25.3. The minimum Gasteiger partial charge on any atom is -0.543 e. The number of carboxylic acid groups (broad SMARTS) is 1. The van der Waals surface area contributed by atoms with Gasteiger partial charge in [-0.2, -0.15) is 8.42 Å². The number of nitrogens with zero attached hydrogens (tertiary/aromatic N) is 5. The van der Waals surface area contributed by atoms with Gasteiger partial charge in [0.2, 0.25) is 5.16 Å². The largest absolute Gasteiger partial charge is 1.00 e. The van der Waals surface area contributed by atoms with Gasteiger partial charge in [0.15, 0.2) is 12.0 Å². The number of nitrogens with one attached hydrogen (secondary N) is 1. The molecule has 1 aromatic carbocycles. The van der Waals surface area contributed by atoms with Gasteiger partial charge in [0.05, 0.1) is 11.7 Å². The van der Waals surface area contributed by atoms with Gasteiger partial charge in [-0.15, -0.1) is 16.9 Å². The molecule has 0 radical (unpaired) electrons. The number of tetrazole rings is 1. The Morgan fingerprint density at radius 3 is 2.64 bits per heavy atom. The van der Waals surface area contributed by atoms with Gasteiger partial charge in [-0.1, -0.05) is 42.1 Å². The Labute approximate surface area is 234 Å². The number of fused-ring (bicyclic) bond motifs is 1. The Morgan fingerprint density at radius 1 is 1.31 bits per heavy atom. The maximum Gasteiger partial charge on any atom is 1.00 e. The van der Waals surface area contributed by atoms with Crippen molar-refractivity contribution >= 4 is 51.4 Å². The average Bonchev–Trinajstić information content (AvgIpc) is 3.25. The first-order chi connectivity index (χ1) is 16.6. The van der Waals surface area contributed by atoms with E-state index in [1.54, 1.807) is 30.3 Å². The number of carboxylic acids is 1. The number of amides is 2. The minimum atomic E-state index is -4.41. The van der Waals surface area contributed by atoms with Crippen LogP contribution in [0.15, 0.2) is 46.8 Å². The molecule has 3 heterocycles. The summed E-state index contributed by atoms with van der Waals surface area (Å²) in [6.45, 7) is 0. The summed E-state index contributed by atoms with van der Waals surface area (Å²) in [6.07, 6.45) is -1.50. The number of β-lactam (4-membered cyclic amide) rings is 1. The first-order valence-electron chi connectivity index (χ1n) is 9.82. The molecule has 0 saturated carbocycles. The molecule has 2 unspecified atom stereocenters. The molecule has 2 aromatic rings. The molecule has 186 valence electrons. The van der Waals surface area contributed by atoms with E-state index in [1.807, 2.05) is 0 Å². The Bertz CT molecular complexity index is 1300. The molecule has 3 N–H and O–H groups in total. The summed E-state index contributed by atoms with van der Waals surface area (Å²) < 4.78 is 32.0. The van der Waals surface area contributed by atoms with E-state index in [2.05, 4.69) is 20.8 Å². The van der Waals surface area contributed by atoms with Gasteiger partial charge < -0.3 is 20.3 Å².